The Labute approximate surface area is 255 Å². The molecule has 3 aromatic carbocycles. The van der Waals surface area contributed by atoms with E-state index in [4.69, 9.17) is 17.0 Å². The predicted molar refractivity (Wildman–Crippen MR) is 168 cm³/mol. The van der Waals surface area contributed by atoms with Crippen LogP contribution in [0.3, 0.4) is 0 Å². The molecule has 2 unspecified atom stereocenters. The summed E-state index contributed by atoms with van der Waals surface area (Å²) in [6.07, 6.45) is 1.03. The maximum atomic E-state index is 14.0. The lowest BCUT2D eigenvalue weighted by atomic mass is 9.86. The maximum absolute atomic E-state index is 14.0. The zero-order valence-corrected chi connectivity index (χ0v) is 24.9. The molecule has 3 aromatic rings. The van der Waals surface area contributed by atoms with Gasteiger partial charge in [0.25, 0.3) is 5.69 Å². The molecule has 0 radical (unpaired) electrons. The first-order valence-electron chi connectivity index (χ1n) is 14.1. The monoisotopic (exact) mass is 599 g/mol. The average molecular weight is 600 g/mol. The van der Waals surface area contributed by atoms with Crippen molar-refractivity contribution >= 4 is 46.4 Å². The standard InChI is InChI=1S/C32H33N5O5S/c1-22-28(30(38)42-27-16-18-35(19-17-27)21-23-10-5-3-6-11-23)29(24-12-9-15-26(20-24)37(40)41)36(31(43)33-22)32(39)34(2)25-13-7-4-8-14-25/h3-15,20,27-29H,16-19,21H2,1-2H3. The van der Waals surface area contributed by atoms with E-state index in [2.05, 4.69) is 22.0 Å². The number of esters is 1. The van der Waals surface area contributed by atoms with E-state index in [0.29, 0.717) is 29.8 Å². The van der Waals surface area contributed by atoms with E-state index in [1.807, 2.05) is 24.3 Å². The number of thiocarbonyl (C=S) groups is 1. The second-order valence-corrected chi connectivity index (χ2v) is 11.1. The summed E-state index contributed by atoms with van der Waals surface area (Å²) in [6, 6.07) is 23.6. The number of ether oxygens (including phenoxy) is 1. The molecule has 0 aromatic heterocycles. The van der Waals surface area contributed by atoms with Crippen molar-refractivity contribution in [3.8, 4) is 0 Å². The van der Waals surface area contributed by atoms with Crippen molar-refractivity contribution in [2.24, 2.45) is 10.9 Å². The molecule has 2 aliphatic heterocycles. The Bertz CT molecular complexity index is 1530. The highest BCUT2D eigenvalue weighted by molar-refractivity contribution is 7.80. The fraction of sp³-hybridized carbons (Fsp3) is 0.312. The molecule has 0 saturated carbocycles. The molecule has 5 rings (SSSR count). The van der Waals surface area contributed by atoms with Crippen LogP contribution in [-0.2, 0) is 16.1 Å². The number of hydrogen-bond acceptors (Lipinski definition) is 7. The van der Waals surface area contributed by atoms with Gasteiger partial charge in [-0.25, -0.2) is 9.79 Å². The molecular formula is C32H33N5O5S. The normalized spacial score (nSPS) is 19.4. The highest BCUT2D eigenvalue weighted by Gasteiger charge is 2.46. The molecule has 11 heteroatoms. The lowest BCUT2D eigenvalue weighted by Crippen LogP contribution is -2.53. The van der Waals surface area contributed by atoms with Gasteiger partial charge in [-0.05, 0) is 55.2 Å². The molecule has 2 heterocycles. The Kier molecular flexibility index (Phi) is 9.22. The number of carbonyl (C=O) groups excluding carboxylic acids is 2. The Morgan fingerprint density at radius 3 is 2.33 bits per heavy atom. The number of nitrogens with zero attached hydrogens (tertiary/aromatic N) is 5. The van der Waals surface area contributed by atoms with Crippen molar-refractivity contribution in [3.05, 3.63) is 106 Å². The van der Waals surface area contributed by atoms with Crippen LogP contribution in [0.25, 0.3) is 0 Å². The molecule has 0 N–H and O–H groups in total. The van der Waals surface area contributed by atoms with Crippen LogP contribution in [0.15, 0.2) is 89.9 Å². The zero-order chi connectivity index (χ0) is 30.5. The van der Waals surface area contributed by atoms with Crippen LogP contribution < -0.4 is 4.90 Å². The number of non-ortho nitro benzene ring substituents is 1. The zero-order valence-electron chi connectivity index (χ0n) is 24.0. The first kappa shape index (κ1) is 30.0. The number of nitro benzene ring substituents is 1. The number of aliphatic imine (C=N–C) groups is 1. The van der Waals surface area contributed by atoms with Crippen molar-refractivity contribution in [2.45, 2.75) is 38.5 Å². The number of anilines is 1. The van der Waals surface area contributed by atoms with E-state index in [-0.39, 0.29) is 16.9 Å². The molecule has 10 nitrogen and oxygen atoms in total. The number of rotatable bonds is 7. The third kappa shape index (κ3) is 6.79. The fourth-order valence-corrected chi connectivity index (χ4v) is 5.96. The van der Waals surface area contributed by atoms with Gasteiger partial charge >= 0.3 is 12.0 Å². The van der Waals surface area contributed by atoms with Crippen LogP contribution >= 0.6 is 12.2 Å². The average Bonchev–Trinajstić information content (AvgIpc) is 3.02. The molecule has 2 atom stereocenters. The highest BCUT2D eigenvalue weighted by atomic mass is 32.1. The minimum absolute atomic E-state index is 0.0277. The molecule has 1 saturated heterocycles. The van der Waals surface area contributed by atoms with Gasteiger partial charge in [0.1, 0.15) is 12.0 Å². The summed E-state index contributed by atoms with van der Waals surface area (Å²) in [5.74, 6) is -1.55. The first-order chi connectivity index (χ1) is 20.7. The van der Waals surface area contributed by atoms with Crippen molar-refractivity contribution in [1.82, 2.24) is 9.80 Å². The smallest absolute Gasteiger partial charge is 0.331 e. The number of nitro groups is 1. The van der Waals surface area contributed by atoms with Gasteiger partial charge in [-0.3, -0.25) is 29.6 Å². The molecule has 0 spiro atoms. The molecule has 0 bridgehead atoms. The number of carbonyl (C=O) groups is 2. The quantitative estimate of drug-likeness (QED) is 0.147. The fourth-order valence-electron chi connectivity index (χ4n) is 5.62. The summed E-state index contributed by atoms with van der Waals surface area (Å²) in [5, 5.41) is 11.6. The van der Waals surface area contributed by atoms with E-state index in [0.717, 1.165) is 19.6 Å². The van der Waals surface area contributed by atoms with E-state index in [1.54, 1.807) is 44.3 Å². The van der Waals surface area contributed by atoms with E-state index in [9.17, 15) is 19.7 Å². The number of hydrogen-bond donors (Lipinski definition) is 0. The van der Waals surface area contributed by atoms with Gasteiger partial charge in [0, 0.05) is 50.2 Å². The predicted octanol–water partition coefficient (Wildman–Crippen LogP) is 5.78. The van der Waals surface area contributed by atoms with Gasteiger partial charge in [0.2, 0.25) is 5.11 Å². The number of urea groups is 1. The van der Waals surface area contributed by atoms with Crippen molar-refractivity contribution in [3.63, 3.8) is 0 Å². The number of piperidine rings is 1. The van der Waals surface area contributed by atoms with Gasteiger partial charge in [-0.15, -0.1) is 0 Å². The van der Waals surface area contributed by atoms with Gasteiger partial charge in [-0.1, -0.05) is 60.7 Å². The van der Waals surface area contributed by atoms with E-state index < -0.39 is 28.9 Å². The third-order valence-corrected chi connectivity index (χ3v) is 8.19. The van der Waals surface area contributed by atoms with Crippen LogP contribution in [0, 0.1) is 16.0 Å². The Hall–Kier alpha value is -4.48. The van der Waals surface area contributed by atoms with Crippen LogP contribution in [0.2, 0.25) is 0 Å². The highest BCUT2D eigenvalue weighted by Crippen LogP contribution is 2.38. The summed E-state index contributed by atoms with van der Waals surface area (Å²) >= 11 is 5.58. The topological polar surface area (TPSA) is 109 Å². The Morgan fingerprint density at radius 2 is 1.67 bits per heavy atom. The van der Waals surface area contributed by atoms with Crippen molar-refractivity contribution < 1.29 is 19.2 Å². The van der Waals surface area contributed by atoms with Crippen LogP contribution in [0.1, 0.15) is 36.9 Å². The van der Waals surface area contributed by atoms with Crippen molar-refractivity contribution in [1.29, 1.82) is 0 Å². The first-order valence-corrected chi connectivity index (χ1v) is 14.6. The van der Waals surface area contributed by atoms with Crippen LogP contribution in [0.5, 0.6) is 0 Å². The second-order valence-electron chi connectivity index (χ2n) is 10.8. The summed E-state index contributed by atoms with van der Waals surface area (Å²) in [4.78, 5) is 48.5. The summed E-state index contributed by atoms with van der Waals surface area (Å²) < 4.78 is 6.06. The largest absolute Gasteiger partial charge is 0.462 e. The number of likely N-dealkylation sites (tertiary alicyclic amines) is 1. The minimum Gasteiger partial charge on any atom is -0.462 e. The molecule has 2 aliphatic rings. The van der Waals surface area contributed by atoms with Gasteiger partial charge in [0.05, 0.1) is 11.0 Å². The molecule has 222 valence electrons. The lowest BCUT2D eigenvalue weighted by Gasteiger charge is -2.41. The Balaban J connectivity index is 1.41. The summed E-state index contributed by atoms with van der Waals surface area (Å²) in [7, 11) is 1.60. The van der Waals surface area contributed by atoms with Gasteiger partial charge < -0.3 is 4.74 Å². The second kappa shape index (κ2) is 13.2. The van der Waals surface area contributed by atoms with Crippen molar-refractivity contribution in [2.75, 3.05) is 25.0 Å². The SMILES string of the molecule is CC1=NC(=S)N(C(=O)N(C)c2ccccc2)C(c2cccc([N+](=O)[O-])c2)C1C(=O)OC1CCN(Cc2ccccc2)CC1. The van der Waals surface area contributed by atoms with Gasteiger partial charge in [0.15, 0.2) is 0 Å². The van der Waals surface area contributed by atoms with E-state index in [1.165, 1.54) is 33.6 Å². The number of para-hydroxylation sites is 1. The minimum atomic E-state index is -1.01. The molecule has 43 heavy (non-hydrogen) atoms. The van der Waals surface area contributed by atoms with Gasteiger partial charge in [-0.2, -0.15) is 0 Å². The Morgan fingerprint density at radius 1 is 1.02 bits per heavy atom. The maximum Gasteiger partial charge on any atom is 0.331 e. The molecular weight excluding hydrogens is 566 g/mol. The summed E-state index contributed by atoms with van der Waals surface area (Å²) in [5.41, 5.74) is 2.46. The number of amides is 2. The lowest BCUT2D eigenvalue weighted by molar-refractivity contribution is -0.385. The third-order valence-electron chi connectivity index (χ3n) is 7.90. The molecule has 2 amide bonds. The van der Waals surface area contributed by atoms with E-state index >= 15 is 0 Å². The molecule has 0 aliphatic carbocycles. The van der Waals surface area contributed by atoms with Crippen LogP contribution in [0.4, 0.5) is 16.2 Å². The molecule has 1 fully saturated rings. The van der Waals surface area contributed by atoms with Crippen LogP contribution in [-0.4, -0.2) is 63.8 Å². The summed E-state index contributed by atoms with van der Waals surface area (Å²) in [6.45, 7) is 4.05. The number of benzene rings is 3.